The smallest absolute Gasteiger partial charge is 0.306 e. The molecule has 0 radical (unpaired) electrons. The van der Waals surface area contributed by atoms with Gasteiger partial charge in [-0.3, -0.25) is 9.59 Å². The largest absolute Gasteiger partial charge is 0.462 e. The standard InChI is InChI=1S/C46H83N3O3.2ClH/c1-33(2)16-15-17-34(3)38-20-21-39-37-19-18-35-32-36(24-27-45(35,8)40(37)25-28-46(38,39)9)52-42(51)23-22-41(50)49(31-29-44(6,7)48)30-14-12-10-11-13-26-43(4,5)47;;/h18,33-34,36-40H,10-17,19-32,47-48H2,1-9H3;2*1H/t34?,36-,37-,38+,39-,40-,45-,46+;;/m0../s1. The first-order chi connectivity index (χ1) is 24.3. The Morgan fingerprint density at radius 2 is 1.48 bits per heavy atom. The van der Waals surface area contributed by atoms with Crippen molar-refractivity contribution in [2.45, 2.75) is 208 Å². The lowest BCUT2D eigenvalue weighted by molar-refractivity contribution is -0.153. The molecule has 0 saturated heterocycles. The van der Waals surface area contributed by atoms with E-state index in [9.17, 15) is 9.59 Å². The zero-order valence-corrected chi connectivity index (χ0v) is 38.0. The summed E-state index contributed by atoms with van der Waals surface area (Å²) in [5, 5.41) is 0. The summed E-state index contributed by atoms with van der Waals surface area (Å²) >= 11 is 0. The number of ether oxygens (including phenoxy) is 1. The average Bonchev–Trinajstić information content (AvgIpc) is 3.41. The number of unbranched alkanes of at least 4 members (excludes halogenated alkanes) is 4. The topological polar surface area (TPSA) is 98.7 Å². The number of halogens is 2. The lowest BCUT2D eigenvalue weighted by atomic mass is 9.47. The van der Waals surface area contributed by atoms with Crippen LogP contribution >= 0.6 is 24.8 Å². The van der Waals surface area contributed by atoms with Crippen LogP contribution in [0.15, 0.2) is 11.6 Å². The molecule has 6 nitrogen and oxygen atoms in total. The molecule has 8 heteroatoms. The number of nitrogens with zero attached hydrogens (tertiary/aromatic N) is 1. The molecule has 0 aliphatic heterocycles. The van der Waals surface area contributed by atoms with Crippen LogP contribution in [0.2, 0.25) is 0 Å². The number of nitrogens with two attached hydrogens (primary N) is 2. The molecule has 0 spiro atoms. The fraction of sp³-hybridized carbons (Fsp3) is 0.913. The van der Waals surface area contributed by atoms with Gasteiger partial charge in [0.2, 0.25) is 5.91 Å². The number of fused-ring (bicyclic) bond motifs is 5. The lowest BCUT2D eigenvalue weighted by Crippen LogP contribution is -2.51. The molecule has 1 unspecified atom stereocenters. The number of carbonyl (C=O) groups excluding carboxylic acids is 2. The molecule has 54 heavy (non-hydrogen) atoms. The highest BCUT2D eigenvalue weighted by Gasteiger charge is 2.59. The van der Waals surface area contributed by atoms with E-state index < -0.39 is 0 Å². The predicted octanol–water partition coefficient (Wildman–Crippen LogP) is 11.6. The summed E-state index contributed by atoms with van der Waals surface area (Å²) in [5.74, 6) is 4.79. The normalized spacial score (nSPS) is 29.9. The molecule has 0 heterocycles. The van der Waals surface area contributed by atoms with E-state index >= 15 is 0 Å². The Balaban J connectivity index is 0.00000504. The highest BCUT2D eigenvalue weighted by atomic mass is 35.5. The minimum absolute atomic E-state index is 0. The third-order valence-corrected chi connectivity index (χ3v) is 14.7. The van der Waals surface area contributed by atoms with Gasteiger partial charge in [0.05, 0.1) is 6.42 Å². The van der Waals surface area contributed by atoms with E-state index in [1.54, 1.807) is 5.57 Å². The van der Waals surface area contributed by atoms with Crippen molar-refractivity contribution in [2.24, 2.45) is 57.8 Å². The van der Waals surface area contributed by atoms with Crippen LogP contribution in [0.4, 0.5) is 0 Å². The molecule has 3 saturated carbocycles. The number of carbonyl (C=O) groups is 2. The van der Waals surface area contributed by atoms with Gasteiger partial charge in [-0.05, 0) is 138 Å². The summed E-state index contributed by atoms with van der Waals surface area (Å²) in [5.41, 5.74) is 14.3. The SMILES string of the molecule is CC(C)CCCC(C)[C@H]1CC[C@H]2[C@@H]3CC=C4C[C@@H](OC(=O)CCC(=O)N(CCCCCCCC(C)(C)N)CCC(C)(C)N)CC[C@]4(C)[C@H]3CC[C@]12C.Cl.Cl. The fourth-order valence-electron chi connectivity index (χ4n) is 11.6. The summed E-state index contributed by atoms with van der Waals surface area (Å²) in [7, 11) is 0. The van der Waals surface area contributed by atoms with Gasteiger partial charge in [-0.2, -0.15) is 0 Å². The van der Waals surface area contributed by atoms with Gasteiger partial charge in [0, 0.05) is 37.0 Å². The molecule has 0 aromatic rings. The molecular weight excluding hydrogens is 713 g/mol. The second-order valence-corrected chi connectivity index (χ2v) is 20.8. The van der Waals surface area contributed by atoms with Crippen molar-refractivity contribution < 1.29 is 14.3 Å². The van der Waals surface area contributed by atoms with E-state index in [0.717, 1.165) is 99.8 Å². The maximum absolute atomic E-state index is 13.4. The van der Waals surface area contributed by atoms with Crippen LogP contribution in [0.5, 0.6) is 0 Å². The van der Waals surface area contributed by atoms with Crippen LogP contribution in [-0.4, -0.2) is 47.0 Å². The molecule has 316 valence electrons. The van der Waals surface area contributed by atoms with Gasteiger partial charge in [-0.15, -0.1) is 24.8 Å². The van der Waals surface area contributed by atoms with Crippen LogP contribution < -0.4 is 11.5 Å². The van der Waals surface area contributed by atoms with Crippen molar-refractivity contribution in [3.63, 3.8) is 0 Å². The zero-order chi connectivity index (χ0) is 38.3. The molecule has 0 bridgehead atoms. The number of rotatable bonds is 20. The predicted molar refractivity (Wildman–Crippen MR) is 232 cm³/mol. The molecule has 4 N–H and O–H groups in total. The van der Waals surface area contributed by atoms with Crippen LogP contribution in [-0.2, 0) is 14.3 Å². The van der Waals surface area contributed by atoms with E-state index in [1.807, 2.05) is 18.7 Å². The Morgan fingerprint density at radius 1 is 0.815 bits per heavy atom. The summed E-state index contributed by atoms with van der Waals surface area (Å²) in [6.45, 7) is 22.1. The van der Waals surface area contributed by atoms with Gasteiger partial charge < -0.3 is 21.1 Å². The number of esters is 1. The van der Waals surface area contributed by atoms with Crippen molar-refractivity contribution >= 4 is 36.7 Å². The first kappa shape index (κ1) is 49.3. The number of allylic oxidation sites excluding steroid dienone is 1. The summed E-state index contributed by atoms with van der Waals surface area (Å²) in [4.78, 5) is 28.5. The Hall–Kier alpha value is -0.820. The summed E-state index contributed by atoms with van der Waals surface area (Å²) < 4.78 is 6.12. The number of hydrogen-bond acceptors (Lipinski definition) is 5. The van der Waals surface area contributed by atoms with Gasteiger partial charge in [-0.1, -0.05) is 91.2 Å². The Kier molecular flexibility index (Phi) is 19.4. The minimum atomic E-state index is -0.335. The van der Waals surface area contributed by atoms with E-state index in [4.69, 9.17) is 16.2 Å². The molecule has 4 rings (SSSR count). The maximum atomic E-state index is 13.4. The summed E-state index contributed by atoms with van der Waals surface area (Å²) in [6, 6.07) is 0. The van der Waals surface area contributed by atoms with Crippen LogP contribution in [0.3, 0.4) is 0 Å². The van der Waals surface area contributed by atoms with Gasteiger partial charge >= 0.3 is 5.97 Å². The first-order valence-electron chi connectivity index (χ1n) is 22.1. The van der Waals surface area contributed by atoms with Crippen LogP contribution in [0.25, 0.3) is 0 Å². The van der Waals surface area contributed by atoms with Crippen molar-refractivity contribution in [1.82, 2.24) is 4.90 Å². The van der Waals surface area contributed by atoms with Crippen molar-refractivity contribution in [3.05, 3.63) is 11.6 Å². The fourth-order valence-corrected chi connectivity index (χ4v) is 11.6. The number of hydrogen-bond donors (Lipinski definition) is 2. The highest BCUT2D eigenvalue weighted by Crippen LogP contribution is 2.67. The molecule has 0 aromatic heterocycles. The van der Waals surface area contributed by atoms with Gasteiger partial charge in [-0.25, -0.2) is 0 Å². The zero-order valence-electron chi connectivity index (χ0n) is 36.3. The minimum Gasteiger partial charge on any atom is -0.462 e. The second kappa shape index (κ2) is 21.3. The van der Waals surface area contributed by atoms with Crippen molar-refractivity contribution in [2.75, 3.05) is 13.1 Å². The van der Waals surface area contributed by atoms with E-state index in [1.165, 1.54) is 57.8 Å². The average molecular weight is 799 g/mol. The molecular formula is C46H85Cl2N3O3. The molecule has 8 atom stereocenters. The van der Waals surface area contributed by atoms with Crippen LogP contribution in [0, 0.1) is 46.3 Å². The third kappa shape index (κ3) is 13.6. The maximum Gasteiger partial charge on any atom is 0.306 e. The van der Waals surface area contributed by atoms with Crippen molar-refractivity contribution in [1.29, 1.82) is 0 Å². The second-order valence-electron chi connectivity index (χ2n) is 20.8. The van der Waals surface area contributed by atoms with E-state index in [-0.39, 0.29) is 72.1 Å². The number of amides is 1. The molecule has 4 aliphatic carbocycles. The lowest BCUT2D eigenvalue weighted by Gasteiger charge is -2.58. The monoisotopic (exact) mass is 798 g/mol. The van der Waals surface area contributed by atoms with Crippen molar-refractivity contribution in [3.8, 4) is 0 Å². The quantitative estimate of drug-likeness (QED) is 0.0726. The van der Waals surface area contributed by atoms with E-state index in [2.05, 4.69) is 54.5 Å². The molecule has 0 aromatic carbocycles. The Bertz CT molecular complexity index is 1190. The molecule has 4 aliphatic rings. The Labute approximate surface area is 345 Å². The van der Waals surface area contributed by atoms with E-state index in [0.29, 0.717) is 12.0 Å². The van der Waals surface area contributed by atoms with Gasteiger partial charge in [0.25, 0.3) is 0 Å². The van der Waals surface area contributed by atoms with Crippen LogP contribution in [0.1, 0.15) is 191 Å². The van der Waals surface area contributed by atoms with Gasteiger partial charge in [0.1, 0.15) is 6.10 Å². The molecule has 3 fully saturated rings. The van der Waals surface area contributed by atoms with Gasteiger partial charge in [0.15, 0.2) is 0 Å². The first-order valence-corrected chi connectivity index (χ1v) is 22.1. The highest BCUT2D eigenvalue weighted by molar-refractivity contribution is 5.85. The third-order valence-electron chi connectivity index (χ3n) is 14.7. The summed E-state index contributed by atoms with van der Waals surface area (Å²) in [6.07, 6.45) is 24.1. The Morgan fingerprint density at radius 3 is 2.15 bits per heavy atom. The molecule has 1 amide bonds.